The Kier molecular flexibility index (Phi) is 5.55. The molecule has 0 spiro atoms. The van der Waals surface area contributed by atoms with Gasteiger partial charge in [0.15, 0.2) is 0 Å². The number of hydrogen-bond acceptors (Lipinski definition) is 6. The number of ether oxygens (including phenoxy) is 1. The minimum absolute atomic E-state index is 0.106. The highest BCUT2D eigenvalue weighted by atomic mass is 35.5. The van der Waals surface area contributed by atoms with Gasteiger partial charge in [-0.1, -0.05) is 22.8 Å². The van der Waals surface area contributed by atoms with E-state index in [2.05, 4.69) is 14.9 Å². The smallest absolute Gasteiger partial charge is 0.240 e. The first-order valence-electron chi connectivity index (χ1n) is 7.70. The van der Waals surface area contributed by atoms with Crippen LogP contribution in [-0.4, -0.2) is 32.2 Å². The van der Waals surface area contributed by atoms with Gasteiger partial charge in [-0.05, 0) is 42.5 Å². The molecular weight excluding hydrogens is 378 g/mol. The SMILES string of the molecule is COc1ccc(-c2noc(CCNS(=O)(=O)c3cccc(Cl)c3)n2)cc1. The monoisotopic (exact) mass is 393 g/mol. The van der Waals surface area contributed by atoms with E-state index in [0.29, 0.717) is 16.7 Å². The lowest BCUT2D eigenvalue weighted by atomic mass is 10.2. The van der Waals surface area contributed by atoms with E-state index < -0.39 is 10.0 Å². The first-order chi connectivity index (χ1) is 12.5. The molecule has 0 aliphatic rings. The van der Waals surface area contributed by atoms with Crippen LogP contribution >= 0.6 is 11.6 Å². The molecule has 0 bridgehead atoms. The molecule has 1 aromatic heterocycles. The lowest BCUT2D eigenvalue weighted by Crippen LogP contribution is -2.26. The van der Waals surface area contributed by atoms with Gasteiger partial charge in [0.25, 0.3) is 0 Å². The van der Waals surface area contributed by atoms with E-state index in [-0.39, 0.29) is 17.9 Å². The predicted molar refractivity (Wildman–Crippen MR) is 96.6 cm³/mol. The molecule has 0 fully saturated rings. The molecule has 0 aliphatic heterocycles. The Labute approximate surface area is 156 Å². The summed E-state index contributed by atoms with van der Waals surface area (Å²) in [6.07, 6.45) is 0.267. The van der Waals surface area contributed by atoms with Crippen LogP contribution < -0.4 is 9.46 Å². The Morgan fingerprint density at radius 1 is 1.19 bits per heavy atom. The van der Waals surface area contributed by atoms with Gasteiger partial charge in [-0.2, -0.15) is 4.98 Å². The molecule has 3 rings (SSSR count). The van der Waals surface area contributed by atoms with Crippen LogP contribution in [0.1, 0.15) is 5.89 Å². The zero-order valence-corrected chi connectivity index (χ0v) is 15.4. The summed E-state index contributed by atoms with van der Waals surface area (Å²) in [5.41, 5.74) is 0.778. The Morgan fingerprint density at radius 3 is 2.65 bits per heavy atom. The van der Waals surface area contributed by atoms with Crippen LogP contribution in [-0.2, 0) is 16.4 Å². The molecule has 0 saturated heterocycles. The molecule has 3 aromatic rings. The number of benzene rings is 2. The van der Waals surface area contributed by atoms with Gasteiger partial charge in [0.05, 0.1) is 12.0 Å². The minimum Gasteiger partial charge on any atom is -0.497 e. The van der Waals surface area contributed by atoms with Crippen LogP contribution in [0.4, 0.5) is 0 Å². The molecule has 1 N–H and O–H groups in total. The van der Waals surface area contributed by atoms with Gasteiger partial charge in [-0.15, -0.1) is 0 Å². The number of nitrogens with one attached hydrogen (secondary N) is 1. The van der Waals surface area contributed by atoms with Crippen molar-refractivity contribution >= 4 is 21.6 Å². The van der Waals surface area contributed by atoms with Crippen molar-refractivity contribution in [1.82, 2.24) is 14.9 Å². The summed E-state index contributed by atoms with van der Waals surface area (Å²) in [5.74, 6) is 1.50. The molecule has 0 atom stereocenters. The number of hydrogen-bond donors (Lipinski definition) is 1. The van der Waals surface area contributed by atoms with Gasteiger partial charge < -0.3 is 9.26 Å². The van der Waals surface area contributed by atoms with E-state index in [1.165, 1.54) is 12.1 Å². The number of methoxy groups -OCH3 is 1. The lowest BCUT2D eigenvalue weighted by Gasteiger charge is -2.05. The maximum Gasteiger partial charge on any atom is 0.240 e. The normalized spacial score (nSPS) is 11.5. The highest BCUT2D eigenvalue weighted by molar-refractivity contribution is 7.89. The molecular formula is C17H16ClN3O4S. The molecule has 0 aliphatic carbocycles. The highest BCUT2D eigenvalue weighted by Crippen LogP contribution is 2.20. The summed E-state index contributed by atoms with van der Waals surface area (Å²) in [7, 11) is -2.05. The number of nitrogens with zero attached hydrogens (tertiary/aromatic N) is 2. The van der Waals surface area contributed by atoms with E-state index in [9.17, 15) is 8.42 Å². The van der Waals surface area contributed by atoms with Crippen molar-refractivity contribution in [2.24, 2.45) is 0 Å². The summed E-state index contributed by atoms with van der Waals surface area (Å²) in [6, 6.07) is 13.3. The summed E-state index contributed by atoms with van der Waals surface area (Å²) >= 11 is 5.83. The topological polar surface area (TPSA) is 94.3 Å². The van der Waals surface area contributed by atoms with Crippen molar-refractivity contribution in [3.05, 3.63) is 59.4 Å². The summed E-state index contributed by atoms with van der Waals surface area (Å²) in [5, 5.41) is 4.26. The molecule has 7 nitrogen and oxygen atoms in total. The van der Waals surface area contributed by atoms with Crippen LogP contribution in [0.3, 0.4) is 0 Å². The molecule has 1 heterocycles. The largest absolute Gasteiger partial charge is 0.497 e. The van der Waals surface area contributed by atoms with Crippen LogP contribution in [0.15, 0.2) is 57.9 Å². The Bertz CT molecular complexity index is 987. The maximum atomic E-state index is 12.2. The fourth-order valence-electron chi connectivity index (χ4n) is 2.22. The van der Waals surface area contributed by atoms with Crippen molar-refractivity contribution in [2.45, 2.75) is 11.3 Å². The van der Waals surface area contributed by atoms with Gasteiger partial charge >= 0.3 is 0 Å². The van der Waals surface area contributed by atoms with Crippen LogP contribution in [0, 0.1) is 0 Å². The fourth-order valence-corrected chi connectivity index (χ4v) is 3.56. The summed E-state index contributed by atoms with van der Waals surface area (Å²) in [4.78, 5) is 4.37. The van der Waals surface area contributed by atoms with Crippen molar-refractivity contribution in [3.8, 4) is 17.1 Å². The number of sulfonamides is 1. The van der Waals surface area contributed by atoms with Crippen LogP contribution in [0.2, 0.25) is 5.02 Å². The van der Waals surface area contributed by atoms with Gasteiger partial charge in [0, 0.05) is 23.6 Å². The second kappa shape index (κ2) is 7.86. The van der Waals surface area contributed by atoms with Crippen molar-refractivity contribution in [2.75, 3.05) is 13.7 Å². The quantitative estimate of drug-likeness (QED) is 0.663. The third-order valence-electron chi connectivity index (χ3n) is 3.55. The third kappa shape index (κ3) is 4.40. The van der Waals surface area contributed by atoms with Crippen LogP contribution in [0.5, 0.6) is 5.75 Å². The van der Waals surface area contributed by atoms with Gasteiger partial charge in [-0.25, -0.2) is 13.1 Å². The molecule has 0 unspecified atom stereocenters. The van der Waals surface area contributed by atoms with Crippen LogP contribution in [0.25, 0.3) is 11.4 Å². The van der Waals surface area contributed by atoms with Crippen molar-refractivity contribution in [1.29, 1.82) is 0 Å². The average molecular weight is 394 g/mol. The molecule has 26 heavy (non-hydrogen) atoms. The molecule has 0 radical (unpaired) electrons. The van der Waals surface area contributed by atoms with Gasteiger partial charge in [-0.3, -0.25) is 0 Å². The summed E-state index contributed by atoms with van der Waals surface area (Å²) < 4.78 is 37.2. The lowest BCUT2D eigenvalue weighted by molar-refractivity contribution is 0.379. The van der Waals surface area contributed by atoms with Gasteiger partial charge in [0.1, 0.15) is 5.75 Å². The number of halogens is 1. The molecule has 2 aromatic carbocycles. The average Bonchev–Trinajstić information content (AvgIpc) is 3.10. The van der Waals surface area contributed by atoms with E-state index >= 15 is 0 Å². The van der Waals surface area contributed by atoms with E-state index in [0.717, 1.165) is 11.3 Å². The predicted octanol–water partition coefficient (Wildman–Crippen LogP) is 2.92. The molecule has 9 heteroatoms. The Morgan fingerprint density at radius 2 is 1.96 bits per heavy atom. The van der Waals surface area contributed by atoms with E-state index in [4.69, 9.17) is 20.9 Å². The second-order valence-electron chi connectivity index (χ2n) is 5.35. The highest BCUT2D eigenvalue weighted by Gasteiger charge is 2.15. The maximum absolute atomic E-state index is 12.2. The standard InChI is InChI=1S/C17H16ClN3O4S/c1-24-14-7-5-12(6-8-14)17-20-16(25-21-17)9-10-19-26(22,23)15-4-2-3-13(18)11-15/h2-8,11,19H,9-10H2,1H3. The zero-order chi connectivity index (χ0) is 18.6. The number of rotatable bonds is 7. The number of aromatic nitrogens is 2. The first kappa shape index (κ1) is 18.4. The zero-order valence-electron chi connectivity index (χ0n) is 13.8. The van der Waals surface area contributed by atoms with Crippen molar-refractivity contribution in [3.63, 3.8) is 0 Å². The van der Waals surface area contributed by atoms with Gasteiger partial charge in [0.2, 0.25) is 21.7 Å². The third-order valence-corrected chi connectivity index (χ3v) is 5.25. The Balaban J connectivity index is 1.61. The second-order valence-corrected chi connectivity index (χ2v) is 7.55. The molecule has 136 valence electrons. The van der Waals surface area contributed by atoms with E-state index in [1.807, 2.05) is 12.1 Å². The Hall–Kier alpha value is -2.42. The first-order valence-corrected chi connectivity index (χ1v) is 9.56. The minimum atomic E-state index is -3.64. The van der Waals surface area contributed by atoms with E-state index in [1.54, 1.807) is 31.4 Å². The van der Waals surface area contributed by atoms with Crippen molar-refractivity contribution < 1.29 is 17.7 Å². The summed E-state index contributed by atoms with van der Waals surface area (Å²) in [6.45, 7) is 0.124. The molecule has 0 saturated carbocycles. The fraction of sp³-hybridized carbons (Fsp3) is 0.176. The molecule has 0 amide bonds.